The second-order valence-electron chi connectivity index (χ2n) is 9.62. The van der Waals surface area contributed by atoms with Gasteiger partial charge in [0.25, 0.3) is 5.69 Å². The van der Waals surface area contributed by atoms with Gasteiger partial charge >= 0.3 is 5.97 Å². The summed E-state index contributed by atoms with van der Waals surface area (Å²) in [5.41, 5.74) is 0.0249. The van der Waals surface area contributed by atoms with E-state index in [1.165, 1.54) is 37.8 Å². The number of hydrogen-bond acceptors (Lipinski definition) is 12. The van der Waals surface area contributed by atoms with Gasteiger partial charge in [0.05, 0.1) is 97.4 Å². The fraction of sp³-hybridized carbons (Fsp3) is 0.774. The van der Waals surface area contributed by atoms with Crippen LogP contribution in [-0.4, -0.2) is 117 Å². The Balaban J connectivity index is 1.69. The first-order chi connectivity index (χ1) is 21.6. The zero-order valence-electron chi connectivity index (χ0n) is 26.4. The predicted octanol–water partition coefficient (Wildman–Crippen LogP) is 4.38. The monoisotopic (exact) mass is 631 g/mol. The standard InChI is InChI=1S/C31H53NO12/c1-2-3-4-5-6-7-8-31(33)44-28-26-42-24-22-40-20-18-38-16-14-36-13-15-37-17-19-39-21-23-41-25-27-43-30-11-9-29(10-12-30)32(34)35/h9-12H,2-8,13-28H2,1H3. The molecule has 0 spiro atoms. The molecule has 13 nitrogen and oxygen atoms in total. The van der Waals surface area contributed by atoms with Crippen LogP contribution in [0.1, 0.15) is 51.9 Å². The largest absolute Gasteiger partial charge is 0.491 e. The Labute approximate surface area is 261 Å². The average molecular weight is 632 g/mol. The van der Waals surface area contributed by atoms with Crippen molar-refractivity contribution in [1.82, 2.24) is 0 Å². The van der Waals surface area contributed by atoms with Crippen molar-refractivity contribution < 1.29 is 52.3 Å². The number of non-ortho nitro benzene ring substituents is 1. The number of nitro groups is 1. The number of carbonyl (C=O) groups is 1. The Kier molecular flexibility index (Phi) is 27.6. The van der Waals surface area contributed by atoms with E-state index >= 15 is 0 Å². The fourth-order valence-electron chi connectivity index (χ4n) is 3.64. The molecular formula is C31H53NO12. The van der Waals surface area contributed by atoms with Crippen molar-refractivity contribution in [3.8, 4) is 5.75 Å². The number of carbonyl (C=O) groups excluding carboxylic acids is 1. The quantitative estimate of drug-likeness (QED) is 0.0470. The van der Waals surface area contributed by atoms with Crippen molar-refractivity contribution in [2.45, 2.75) is 51.9 Å². The van der Waals surface area contributed by atoms with E-state index < -0.39 is 4.92 Å². The summed E-state index contributed by atoms with van der Waals surface area (Å²) in [6, 6.07) is 5.90. The Morgan fingerprint density at radius 1 is 0.568 bits per heavy atom. The second-order valence-corrected chi connectivity index (χ2v) is 9.62. The summed E-state index contributed by atoms with van der Waals surface area (Å²) in [5.74, 6) is 0.404. The van der Waals surface area contributed by atoms with Crippen LogP contribution < -0.4 is 4.74 Å². The maximum atomic E-state index is 11.6. The fourth-order valence-corrected chi connectivity index (χ4v) is 3.64. The molecule has 1 aromatic carbocycles. The molecule has 0 aliphatic rings. The number of ether oxygens (including phenoxy) is 9. The number of unbranched alkanes of at least 4 members (excludes halogenated alkanes) is 5. The topological polar surface area (TPSA) is 143 Å². The van der Waals surface area contributed by atoms with Gasteiger partial charge < -0.3 is 42.6 Å². The Hall–Kier alpha value is -2.39. The maximum Gasteiger partial charge on any atom is 0.305 e. The highest BCUT2D eigenvalue weighted by molar-refractivity contribution is 5.69. The highest BCUT2D eigenvalue weighted by Crippen LogP contribution is 2.17. The molecule has 0 heterocycles. The lowest BCUT2D eigenvalue weighted by molar-refractivity contribution is -0.384. The van der Waals surface area contributed by atoms with Crippen LogP contribution >= 0.6 is 0 Å². The van der Waals surface area contributed by atoms with Crippen LogP contribution in [-0.2, 0) is 42.7 Å². The lowest BCUT2D eigenvalue weighted by atomic mass is 10.1. The summed E-state index contributed by atoms with van der Waals surface area (Å²) in [4.78, 5) is 21.8. The second kappa shape index (κ2) is 30.6. The van der Waals surface area contributed by atoms with Gasteiger partial charge in [-0.15, -0.1) is 0 Å². The third kappa shape index (κ3) is 26.1. The van der Waals surface area contributed by atoms with Crippen molar-refractivity contribution >= 4 is 11.7 Å². The van der Waals surface area contributed by atoms with Crippen LogP contribution in [0.5, 0.6) is 5.75 Å². The van der Waals surface area contributed by atoms with Crippen LogP contribution in [0.3, 0.4) is 0 Å². The minimum Gasteiger partial charge on any atom is -0.491 e. The van der Waals surface area contributed by atoms with Crippen molar-refractivity contribution in [3.05, 3.63) is 34.4 Å². The third-order valence-corrected chi connectivity index (χ3v) is 6.00. The molecule has 0 aliphatic heterocycles. The molecule has 1 aromatic rings. The zero-order chi connectivity index (χ0) is 31.8. The van der Waals surface area contributed by atoms with E-state index in [9.17, 15) is 14.9 Å². The molecule has 0 atom stereocenters. The van der Waals surface area contributed by atoms with E-state index in [-0.39, 0.29) is 18.3 Å². The highest BCUT2D eigenvalue weighted by atomic mass is 16.6. The normalized spacial score (nSPS) is 11.1. The number of benzene rings is 1. The molecule has 13 heteroatoms. The first kappa shape index (κ1) is 39.6. The molecule has 0 bridgehead atoms. The minimum atomic E-state index is -0.453. The average Bonchev–Trinajstić information content (AvgIpc) is 3.03. The van der Waals surface area contributed by atoms with Crippen molar-refractivity contribution in [3.63, 3.8) is 0 Å². The smallest absolute Gasteiger partial charge is 0.305 e. The van der Waals surface area contributed by atoms with Crippen molar-refractivity contribution in [1.29, 1.82) is 0 Å². The van der Waals surface area contributed by atoms with E-state index in [1.807, 2.05) is 0 Å². The van der Waals surface area contributed by atoms with Gasteiger partial charge in [-0.05, 0) is 18.6 Å². The number of nitrogens with zero attached hydrogens (tertiary/aromatic N) is 1. The summed E-state index contributed by atoms with van der Waals surface area (Å²) >= 11 is 0. The van der Waals surface area contributed by atoms with E-state index in [0.717, 1.165) is 12.8 Å². The molecule has 0 saturated carbocycles. The van der Waals surface area contributed by atoms with E-state index in [4.69, 9.17) is 42.6 Å². The number of nitro benzene ring substituents is 1. The third-order valence-electron chi connectivity index (χ3n) is 6.00. The molecule has 0 saturated heterocycles. The molecule has 0 fully saturated rings. The summed E-state index contributed by atoms with van der Waals surface area (Å²) < 4.78 is 48.7. The van der Waals surface area contributed by atoms with Gasteiger partial charge in [-0.3, -0.25) is 14.9 Å². The predicted molar refractivity (Wildman–Crippen MR) is 163 cm³/mol. The van der Waals surface area contributed by atoms with Crippen molar-refractivity contribution in [2.24, 2.45) is 0 Å². The molecular weight excluding hydrogens is 578 g/mol. The van der Waals surface area contributed by atoms with Gasteiger partial charge in [-0.2, -0.15) is 0 Å². The lowest BCUT2D eigenvalue weighted by Gasteiger charge is -2.09. The van der Waals surface area contributed by atoms with Gasteiger partial charge in [0.1, 0.15) is 19.0 Å². The Morgan fingerprint density at radius 3 is 1.39 bits per heavy atom. The van der Waals surface area contributed by atoms with Crippen LogP contribution in [0.4, 0.5) is 5.69 Å². The molecule has 0 aliphatic carbocycles. The summed E-state index contributed by atoms with van der Waals surface area (Å²) in [6.45, 7) is 9.14. The maximum absolute atomic E-state index is 11.6. The van der Waals surface area contributed by atoms with Crippen LogP contribution in [0.2, 0.25) is 0 Å². The summed E-state index contributed by atoms with van der Waals surface area (Å²) in [7, 11) is 0. The molecule has 0 aromatic heterocycles. The van der Waals surface area contributed by atoms with E-state index in [2.05, 4.69) is 6.92 Å². The molecule has 44 heavy (non-hydrogen) atoms. The van der Waals surface area contributed by atoms with Gasteiger partial charge in [0.15, 0.2) is 0 Å². The molecule has 254 valence electrons. The lowest BCUT2D eigenvalue weighted by Crippen LogP contribution is -2.15. The number of hydrogen-bond donors (Lipinski definition) is 0. The van der Waals surface area contributed by atoms with Gasteiger partial charge in [-0.1, -0.05) is 39.0 Å². The molecule has 0 amide bonds. The van der Waals surface area contributed by atoms with E-state index in [0.29, 0.717) is 111 Å². The number of esters is 1. The zero-order valence-corrected chi connectivity index (χ0v) is 26.4. The summed E-state index contributed by atoms with van der Waals surface area (Å²) in [6.07, 6.45) is 7.38. The van der Waals surface area contributed by atoms with Gasteiger partial charge in [0, 0.05) is 18.6 Å². The first-order valence-corrected chi connectivity index (χ1v) is 15.7. The Morgan fingerprint density at radius 2 is 0.955 bits per heavy atom. The van der Waals surface area contributed by atoms with Crippen LogP contribution in [0.15, 0.2) is 24.3 Å². The van der Waals surface area contributed by atoms with Crippen LogP contribution in [0, 0.1) is 10.1 Å². The first-order valence-electron chi connectivity index (χ1n) is 15.7. The molecule has 0 radical (unpaired) electrons. The van der Waals surface area contributed by atoms with Gasteiger partial charge in [0.2, 0.25) is 0 Å². The Bertz CT molecular complexity index is 796. The van der Waals surface area contributed by atoms with Crippen molar-refractivity contribution in [2.75, 3.05) is 106 Å². The number of rotatable bonds is 33. The van der Waals surface area contributed by atoms with E-state index in [1.54, 1.807) is 12.1 Å². The molecule has 0 unspecified atom stereocenters. The van der Waals surface area contributed by atoms with Crippen LogP contribution in [0.25, 0.3) is 0 Å². The minimum absolute atomic E-state index is 0.0249. The molecule has 0 N–H and O–H groups in total. The SMILES string of the molecule is CCCCCCCCC(=O)OCCOCCOCCOCCOCCOCCOCCOCCOc1ccc([N+](=O)[O-])cc1. The molecule has 1 rings (SSSR count). The highest BCUT2D eigenvalue weighted by Gasteiger charge is 2.04. The summed E-state index contributed by atoms with van der Waals surface area (Å²) in [5, 5.41) is 10.6. The van der Waals surface area contributed by atoms with Gasteiger partial charge in [-0.25, -0.2) is 0 Å².